The molecule has 0 unspecified atom stereocenters. The molecule has 0 radical (unpaired) electrons. The molecule has 3 aromatic carbocycles. The first-order valence-corrected chi connectivity index (χ1v) is 14.5. The maximum Gasteiger partial charge on any atom is 0.174 e. The van der Waals surface area contributed by atoms with E-state index >= 15 is 0 Å². The van der Waals surface area contributed by atoms with Crippen LogP contribution in [0.5, 0.6) is 23.0 Å². The number of ether oxygens (including phenoxy) is 4. The van der Waals surface area contributed by atoms with Crippen LogP contribution in [0.4, 0.5) is 0 Å². The van der Waals surface area contributed by atoms with E-state index in [1.54, 1.807) is 26.0 Å². The third-order valence-corrected chi connectivity index (χ3v) is 8.59. The van der Waals surface area contributed by atoms with Gasteiger partial charge < -0.3 is 23.8 Å². The van der Waals surface area contributed by atoms with E-state index in [2.05, 4.69) is 64.7 Å². The van der Waals surface area contributed by atoms with Gasteiger partial charge in [0.25, 0.3) is 0 Å². The summed E-state index contributed by atoms with van der Waals surface area (Å²) in [4.78, 5) is 10.1. The Morgan fingerprint density at radius 1 is 0.878 bits per heavy atom. The fourth-order valence-corrected chi connectivity index (χ4v) is 6.75. The number of benzene rings is 3. The van der Waals surface area contributed by atoms with Crippen LogP contribution in [-0.2, 0) is 0 Å². The van der Waals surface area contributed by atoms with Crippen LogP contribution in [-0.4, -0.2) is 62.5 Å². The Hall–Kier alpha value is -4.14. The van der Waals surface area contributed by atoms with Gasteiger partial charge >= 0.3 is 0 Å². The zero-order valence-electron chi connectivity index (χ0n) is 23.3. The standard InChI is InChI=1S/C33H31N3O4S/c1-35-18-24(16-21-4-9-25(37-2)10-5-21)31-27(19-35)32(22-6-11-26(38-3)12-7-22)36-28(20-41-33(36)34-31)23-8-13-29-30(17-23)40-15-14-39-29/h4-13,16-17,20,32H,14-15,18-19H2,1-3H3/b24-16+/t32-/m0/s1. The molecule has 0 bridgehead atoms. The van der Waals surface area contributed by atoms with Gasteiger partial charge in [-0.25, -0.2) is 4.99 Å². The van der Waals surface area contributed by atoms with Crippen molar-refractivity contribution in [2.24, 2.45) is 4.99 Å². The zero-order chi connectivity index (χ0) is 27.9. The Morgan fingerprint density at radius 3 is 2.32 bits per heavy atom. The molecule has 7 rings (SSSR count). The lowest BCUT2D eigenvalue weighted by atomic mass is 9.88. The SMILES string of the molecule is COc1ccc(/C=C2\CN(C)CC3=C2N=C2SC=C(c4ccc5c(c4)OCCO5)N2[C@H]3c2ccc(OC)cc2)cc1. The summed E-state index contributed by atoms with van der Waals surface area (Å²) in [7, 11) is 5.57. The van der Waals surface area contributed by atoms with Crippen molar-refractivity contribution in [1.82, 2.24) is 9.80 Å². The van der Waals surface area contributed by atoms with Crippen LogP contribution in [0.1, 0.15) is 22.7 Å². The molecule has 41 heavy (non-hydrogen) atoms. The minimum atomic E-state index is -0.0279. The van der Waals surface area contributed by atoms with Crippen LogP contribution < -0.4 is 18.9 Å². The lowest BCUT2D eigenvalue weighted by Crippen LogP contribution is -2.40. The van der Waals surface area contributed by atoms with Crippen LogP contribution in [0.25, 0.3) is 11.8 Å². The van der Waals surface area contributed by atoms with Crippen LogP contribution >= 0.6 is 11.8 Å². The second-order valence-electron chi connectivity index (χ2n) is 10.4. The first-order chi connectivity index (χ1) is 20.1. The molecule has 7 nitrogen and oxygen atoms in total. The fourth-order valence-electron chi connectivity index (χ4n) is 5.82. The van der Waals surface area contributed by atoms with Crippen molar-refractivity contribution in [3.63, 3.8) is 0 Å². The van der Waals surface area contributed by atoms with Gasteiger partial charge in [0, 0.05) is 24.1 Å². The number of methoxy groups -OCH3 is 2. The predicted molar refractivity (Wildman–Crippen MR) is 164 cm³/mol. The van der Waals surface area contributed by atoms with E-state index in [0.717, 1.165) is 63.8 Å². The molecule has 0 saturated heterocycles. The number of hydrogen-bond donors (Lipinski definition) is 0. The quantitative estimate of drug-likeness (QED) is 0.364. The molecule has 208 valence electrons. The number of likely N-dealkylation sites (N-methyl/N-ethyl adjacent to an activating group) is 1. The summed E-state index contributed by atoms with van der Waals surface area (Å²) in [6.07, 6.45) is 2.25. The molecule has 0 amide bonds. The highest BCUT2D eigenvalue weighted by atomic mass is 32.2. The number of hydrogen-bond acceptors (Lipinski definition) is 8. The maximum absolute atomic E-state index is 5.93. The molecule has 0 spiro atoms. The normalized spacial score (nSPS) is 20.8. The molecule has 1 atom stereocenters. The number of rotatable bonds is 5. The zero-order valence-corrected chi connectivity index (χ0v) is 24.1. The third-order valence-electron chi connectivity index (χ3n) is 7.75. The van der Waals surface area contributed by atoms with Crippen molar-refractivity contribution in [2.75, 3.05) is 47.6 Å². The van der Waals surface area contributed by atoms with Crippen LogP contribution in [0.3, 0.4) is 0 Å². The lowest BCUT2D eigenvalue weighted by molar-refractivity contribution is 0.171. The number of aliphatic imine (C=N–C) groups is 1. The second kappa shape index (κ2) is 10.7. The van der Waals surface area contributed by atoms with Gasteiger partial charge in [0.1, 0.15) is 24.7 Å². The molecular formula is C33H31N3O4S. The van der Waals surface area contributed by atoms with E-state index in [4.69, 9.17) is 23.9 Å². The predicted octanol–water partition coefficient (Wildman–Crippen LogP) is 6.22. The number of thioether (sulfide) groups is 1. The Labute approximate surface area is 244 Å². The summed E-state index contributed by atoms with van der Waals surface area (Å²) >= 11 is 1.67. The Morgan fingerprint density at radius 2 is 1.59 bits per heavy atom. The Balaban J connectivity index is 1.34. The summed E-state index contributed by atoms with van der Waals surface area (Å²) in [6.45, 7) is 2.77. The summed E-state index contributed by atoms with van der Waals surface area (Å²) < 4.78 is 22.6. The summed E-state index contributed by atoms with van der Waals surface area (Å²) in [5.41, 5.74) is 8.06. The summed E-state index contributed by atoms with van der Waals surface area (Å²) in [5, 5.41) is 3.18. The Bertz CT molecular complexity index is 1610. The first kappa shape index (κ1) is 25.8. The van der Waals surface area contributed by atoms with E-state index in [9.17, 15) is 0 Å². The highest BCUT2D eigenvalue weighted by molar-refractivity contribution is 8.16. The van der Waals surface area contributed by atoms with Gasteiger partial charge in [-0.3, -0.25) is 4.90 Å². The lowest BCUT2D eigenvalue weighted by Gasteiger charge is -2.42. The van der Waals surface area contributed by atoms with Crippen LogP contribution in [0.15, 0.2) is 94.0 Å². The maximum atomic E-state index is 5.93. The number of nitrogens with zero attached hydrogens (tertiary/aromatic N) is 3. The van der Waals surface area contributed by atoms with E-state index in [1.165, 1.54) is 16.7 Å². The monoisotopic (exact) mass is 565 g/mol. The molecule has 0 fully saturated rings. The van der Waals surface area contributed by atoms with E-state index in [0.29, 0.717) is 13.2 Å². The highest BCUT2D eigenvalue weighted by Crippen LogP contribution is 2.50. The average Bonchev–Trinajstić information content (AvgIpc) is 3.44. The van der Waals surface area contributed by atoms with Crippen molar-refractivity contribution < 1.29 is 18.9 Å². The smallest absolute Gasteiger partial charge is 0.174 e. The Kier molecular flexibility index (Phi) is 6.73. The molecule has 0 N–H and O–H groups in total. The molecule has 0 aliphatic carbocycles. The van der Waals surface area contributed by atoms with E-state index < -0.39 is 0 Å². The minimum Gasteiger partial charge on any atom is -0.497 e. The molecule has 8 heteroatoms. The number of amidine groups is 1. The van der Waals surface area contributed by atoms with Crippen LogP contribution in [0, 0.1) is 0 Å². The first-order valence-electron chi connectivity index (χ1n) is 13.7. The molecule has 0 aromatic heterocycles. The molecular weight excluding hydrogens is 534 g/mol. The van der Waals surface area contributed by atoms with Crippen molar-refractivity contribution in [3.05, 3.63) is 106 Å². The summed E-state index contributed by atoms with van der Waals surface area (Å²) in [5.74, 6) is 3.26. The van der Waals surface area contributed by atoms with Crippen molar-refractivity contribution in [3.8, 4) is 23.0 Å². The van der Waals surface area contributed by atoms with E-state index in [1.807, 2.05) is 30.3 Å². The highest BCUT2D eigenvalue weighted by Gasteiger charge is 2.41. The van der Waals surface area contributed by atoms with Crippen LogP contribution in [0.2, 0.25) is 0 Å². The van der Waals surface area contributed by atoms with Gasteiger partial charge in [-0.15, -0.1) is 0 Å². The number of fused-ring (bicyclic) bond motifs is 2. The molecule has 4 heterocycles. The van der Waals surface area contributed by atoms with E-state index in [-0.39, 0.29) is 6.04 Å². The third kappa shape index (κ3) is 4.77. The van der Waals surface area contributed by atoms with Gasteiger partial charge in [0.15, 0.2) is 16.7 Å². The fraction of sp³-hybridized carbons (Fsp3) is 0.242. The topological polar surface area (TPSA) is 55.8 Å². The largest absolute Gasteiger partial charge is 0.497 e. The van der Waals surface area contributed by atoms with Crippen molar-refractivity contribution in [2.45, 2.75) is 6.04 Å². The molecule has 4 aliphatic rings. The van der Waals surface area contributed by atoms with Gasteiger partial charge in [0.2, 0.25) is 0 Å². The van der Waals surface area contributed by atoms with Gasteiger partial charge in [0.05, 0.1) is 31.7 Å². The molecule has 4 aliphatic heterocycles. The summed E-state index contributed by atoms with van der Waals surface area (Å²) in [6, 6.07) is 22.8. The minimum absolute atomic E-state index is 0.0279. The van der Waals surface area contributed by atoms with Gasteiger partial charge in [-0.2, -0.15) is 0 Å². The molecule has 0 saturated carbocycles. The average molecular weight is 566 g/mol. The second-order valence-corrected chi connectivity index (χ2v) is 11.2. The van der Waals surface area contributed by atoms with Gasteiger partial charge in [-0.1, -0.05) is 36.0 Å². The van der Waals surface area contributed by atoms with Gasteiger partial charge in [-0.05, 0) is 77.9 Å². The van der Waals surface area contributed by atoms with Crippen molar-refractivity contribution >= 4 is 28.7 Å². The molecule has 3 aromatic rings. The van der Waals surface area contributed by atoms with Crippen molar-refractivity contribution in [1.29, 1.82) is 0 Å².